The average Bonchev–Trinajstić information content (AvgIpc) is 2.98. The van der Waals surface area contributed by atoms with Gasteiger partial charge in [-0.05, 0) is 36.4 Å². The van der Waals surface area contributed by atoms with Crippen LogP contribution in [-0.4, -0.2) is 111 Å². The number of aliphatic hydroxyl groups excluding tert-OH is 2. The smallest absolute Gasteiger partial charge is 0.340 e. The molecular formula is C27H24O18. The molecule has 1 aliphatic rings. The lowest BCUT2D eigenvalue weighted by Crippen LogP contribution is -2.61. The highest BCUT2D eigenvalue weighted by molar-refractivity contribution is 5.92. The number of aromatic hydroxyl groups is 8. The van der Waals surface area contributed by atoms with Gasteiger partial charge in [-0.15, -0.1) is 0 Å². The third-order valence-electron chi connectivity index (χ3n) is 6.43. The number of carbonyl (C=O) groups excluding carboxylic acids is 2. The highest BCUT2D eigenvalue weighted by atomic mass is 16.7. The molecule has 5 atom stereocenters. The summed E-state index contributed by atoms with van der Waals surface area (Å²) in [5.41, 5.74) is -1.66. The summed E-state index contributed by atoms with van der Waals surface area (Å²) in [7, 11) is 0. The lowest BCUT2D eigenvalue weighted by Gasteiger charge is -2.41. The van der Waals surface area contributed by atoms with Crippen LogP contribution in [0.2, 0.25) is 0 Å². The van der Waals surface area contributed by atoms with Crippen molar-refractivity contribution in [3.8, 4) is 51.7 Å². The molecule has 3 aromatic carbocycles. The van der Waals surface area contributed by atoms with Crippen molar-refractivity contribution in [2.24, 2.45) is 0 Å². The molecule has 18 nitrogen and oxygen atoms in total. The monoisotopic (exact) mass is 636 g/mol. The SMILES string of the molecule is O=C(O)c1cc(O)c(O)c(OC[C@H]2O[C@@H](OC(=O)c3cc(O)c(O)c(O)c3)[C@H](OC(=O)c3cc(O)c(O)c(O)c3)[C@@H](O)[C@@H]2O)c1. The highest BCUT2D eigenvalue weighted by Crippen LogP contribution is 2.39. The number of hydrogen-bond acceptors (Lipinski definition) is 17. The molecule has 1 aliphatic heterocycles. The van der Waals surface area contributed by atoms with Gasteiger partial charge in [-0.25, -0.2) is 14.4 Å². The van der Waals surface area contributed by atoms with Crippen LogP contribution >= 0.6 is 0 Å². The van der Waals surface area contributed by atoms with E-state index in [0.29, 0.717) is 24.3 Å². The Morgan fingerprint density at radius 1 is 0.622 bits per heavy atom. The van der Waals surface area contributed by atoms with Crippen LogP contribution in [0.15, 0.2) is 36.4 Å². The summed E-state index contributed by atoms with van der Waals surface area (Å²) >= 11 is 0. The summed E-state index contributed by atoms with van der Waals surface area (Å²) in [6.45, 7) is -0.816. The maximum atomic E-state index is 12.9. The Bertz CT molecular complexity index is 1600. The molecule has 1 heterocycles. The Balaban J connectivity index is 1.63. The maximum absolute atomic E-state index is 12.9. The van der Waals surface area contributed by atoms with Crippen molar-refractivity contribution in [3.05, 3.63) is 53.1 Å². The molecule has 0 aromatic heterocycles. The fraction of sp³-hybridized carbons (Fsp3) is 0.222. The van der Waals surface area contributed by atoms with Crippen molar-refractivity contribution in [2.45, 2.75) is 30.7 Å². The molecule has 45 heavy (non-hydrogen) atoms. The number of rotatable bonds is 8. The lowest BCUT2D eigenvalue weighted by molar-refractivity contribution is -0.283. The molecule has 3 aromatic rings. The molecule has 1 saturated heterocycles. The number of aromatic carboxylic acids is 1. The lowest BCUT2D eigenvalue weighted by atomic mass is 9.98. The molecule has 0 saturated carbocycles. The minimum atomic E-state index is -2.15. The zero-order valence-corrected chi connectivity index (χ0v) is 22.3. The molecule has 240 valence electrons. The summed E-state index contributed by atoms with van der Waals surface area (Å²) in [4.78, 5) is 37.0. The number of phenols is 8. The van der Waals surface area contributed by atoms with Gasteiger partial charge in [0, 0.05) is 0 Å². The van der Waals surface area contributed by atoms with Gasteiger partial charge in [0.25, 0.3) is 0 Å². The molecule has 4 rings (SSSR count). The van der Waals surface area contributed by atoms with Crippen LogP contribution < -0.4 is 4.74 Å². The zero-order chi connectivity index (χ0) is 33.3. The van der Waals surface area contributed by atoms with E-state index in [2.05, 4.69) is 0 Å². The standard InChI is InChI=1S/C27H24O18/c28-11-2-9(3-12(29)18(11)33)25(40)44-23-22(37)21(36)17(7-42-16-6-8(24(38)39)1-15(32)20(16)35)43-27(23)45-26(41)10-4-13(30)19(34)14(31)5-10/h1-6,17,21-23,27-37H,7H2,(H,38,39)/t17-,21-,22+,23-,27+/m1/s1. The number of hydrogen-bond donors (Lipinski definition) is 11. The second-order valence-corrected chi connectivity index (χ2v) is 9.48. The summed E-state index contributed by atoms with van der Waals surface area (Å²) in [6.07, 6.45) is -10.1. The van der Waals surface area contributed by atoms with Gasteiger partial charge in [0.15, 0.2) is 52.1 Å². The first-order valence-electron chi connectivity index (χ1n) is 12.4. The predicted octanol–water partition coefficient (Wildman–Crippen LogP) is -0.0623. The number of carboxylic acid groups (broad SMARTS) is 1. The number of esters is 2. The van der Waals surface area contributed by atoms with E-state index in [1.165, 1.54) is 0 Å². The van der Waals surface area contributed by atoms with Crippen LogP contribution in [0.1, 0.15) is 31.1 Å². The van der Waals surface area contributed by atoms with Gasteiger partial charge in [-0.2, -0.15) is 0 Å². The first-order valence-corrected chi connectivity index (χ1v) is 12.4. The van der Waals surface area contributed by atoms with Gasteiger partial charge in [0.05, 0.1) is 16.7 Å². The van der Waals surface area contributed by atoms with Gasteiger partial charge >= 0.3 is 17.9 Å². The van der Waals surface area contributed by atoms with Crippen LogP contribution in [0.4, 0.5) is 0 Å². The summed E-state index contributed by atoms with van der Waals surface area (Å²) in [5.74, 6) is -12.3. The Morgan fingerprint density at radius 2 is 1.07 bits per heavy atom. The van der Waals surface area contributed by atoms with Crippen LogP contribution in [0.5, 0.6) is 51.7 Å². The number of carbonyl (C=O) groups is 3. The van der Waals surface area contributed by atoms with Gasteiger partial charge in [0.2, 0.25) is 12.0 Å². The van der Waals surface area contributed by atoms with Crippen LogP contribution in [0, 0.1) is 0 Å². The van der Waals surface area contributed by atoms with E-state index in [9.17, 15) is 70.6 Å². The number of ether oxygens (including phenoxy) is 4. The minimum Gasteiger partial charge on any atom is -0.504 e. The molecular weight excluding hydrogens is 612 g/mol. The van der Waals surface area contributed by atoms with E-state index in [1.807, 2.05) is 0 Å². The van der Waals surface area contributed by atoms with E-state index in [0.717, 1.165) is 12.1 Å². The number of carboxylic acids is 1. The molecule has 0 aliphatic carbocycles. The first kappa shape index (κ1) is 32.1. The van der Waals surface area contributed by atoms with Crippen LogP contribution in [0.25, 0.3) is 0 Å². The normalized spacial score (nSPS) is 21.1. The second kappa shape index (κ2) is 12.4. The topological polar surface area (TPSA) is 311 Å². The van der Waals surface area contributed by atoms with Crippen molar-refractivity contribution < 1.29 is 89.5 Å². The van der Waals surface area contributed by atoms with E-state index in [1.54, 1.807) is 0 Å². The summed E-state index contributed by atoms with van der Waals surface area (Å²) in [5, 5.41) is 109. The maximum Gasteiger partial charge on any atom is 0.340 e. The Labute approximate surface area is 249 Å². The van der Waals surface area contributed by atoms with Crippen LogP contribution in [0.3, 0.4) is 0 Å². The first-order chi connectivity index (χ1) is 21.1. The molecule has 0 bridgehead atoms. The number of phenolic OH excluding ortho intramolecular Hbond substituents is 8. The van der Waals surface area contributed by atoms with Crippen LogP contribution in [-0.2, 0) is 14.2 Å². The number of aliphatic hydroxyl groups is 2. The molecule has 0 spiro atoms. The third kappa shape index (κ3) is 6.56. The third-order valence-corrected chi connectivity index (χ3v) is 6.43. The highest BCUT2D eigenvalue weighted by Gasteiger charge is 2.49. The van der Waals surface area contributed by atoms with Gasteiger partial charge in [0.1, 0.15) is 24.9 Å². The fourth-order valence-electron chi connectivity index (χ4n) is 4.07. The number of benzene rings is 3. The molecule has 0 amide bonds. The van der Waals surface area contributed by atoms with Crippen molar-refractivity contribution >= 4 is 17.9 Å². The Kier molecular flexibility index (Phi) is 8.84. The quantitative estimate of drug-likeness (QED) is 0.114. The van der Waals surface area contributed by atoms with E-state index < -0.39 is 124 Å². The molecule has 11 N–H and O–H groups in total. The van der Waals surface area contributed by atoms with E-state index in [4.69, 9.17) is 18.9 Å². The largest absolute Gasteiger partial charge is 0.504 e. The van der Waals surface area contributed by atoms with E-state index in [-0.39, 0.29) is 0 Å². The summed E-state index contributed by atoms with van der Waals surface area (Å²) < 4.78 is 21.1. The van der Waals surface area contributed by atoms with Gasteiger partial charge in [-0.1, -0.05) is 0 Å². The van der Waals surface area contributed by atoms with Crippen molar-refractivity contribution in [1.29, 1.82) is 0 Å². The summed E-state index contributed by atoms with van der Waals surface area (Å²) in [6, 6.07) is 4.26. The minimum absolute atomic E-state index is 0.504. The molecule has 0 unspecified atom stereocenters. The second-order valence-electron chi connectivity index (χ2n) is 9.48. The fourth-order valence-corrected chi connectivity index (χ4v) is 4.07. The molecule has 18 heteroatoms. The Hall–Kier alpha value is -5.85. The van der Waals surface area contributed by atoms with Crippen molar-refractivity contribution in [1.82, 2.24) is 0 Å². The van der Waals surface area contributed by atoms with Gasteiger partial charge in [-0.3, -0.25) is 0 Å². The van der Waals surface area contributed by atoms with Crippen molar-refractivity contribution in [2.75, 3.05) is 6.61 Å². The zero-order valence-electron chi connectivity index (χ0n) is 22.3. The van der Waals surface area contributed by atoms with Crippen molar-refractivity contribution in [3.63, 3.8) is 0 Å². The molecule has 0 radical (unpaired) electrons. The Morgan fingerprint density at radius 3 is 1.56 bits per heavy atom. The van der Waals surface area contributed by atoms with E-state index >= 15 is 0 Å². The average molecular weight is 636 g/mol. The van der Waals surface area contributed by atoms with Gasteiger partial charge < -0.3 is 75.1 Å². The molecule has 1 fully saturated rings. The predicted molar refractivity (Wildman–Crippen MR) is 140 cm³/mol.